The van der Waals surface area contributed by atoms with E-state index in [1.54, 1.807) is 0 Å². The van der Waals surface area contributed by atoms with E-state index in [2.05, 4.69) is 276 Å². The van der Waals surface area contributed by atoms with Gasteiger partial charge in [-0.1, -0.05) is 206 Å². The average Bonchev–Trinajstić information content (AvgIpc) is 4.09. The number of aromatic nitrogens is 1. The molecular formula is C71H44N2. The maximum absolute atomic E-state index is 2.50. The molecule has 0 saturated heterocycles. The van der Waals surface area contributed by atoms with Crippen LogP contribution in [0.1, 0.15) is 22.3 Å². The van der Waals surface area contributed by atoms with Gasteiger partial charge in [-0.25, -0.2) is 0 Å². The van der Waals surface area contributed by atoms with Crippen molar-refractivity contribution < 1.29 is 0 Å². The highest BCUT2D eigenvalue weighted by molar-refractivity contribution is 6.26. The summed E-state index contributed by atoms with van der Waals surface area (Å²) in [7, 11) is 0. The zero-order chi connectivity index (χ0) is 47.8. The lowest BCUT2D eigenvalue weighted by Crippen LogP contribution is -2.26. The molecule has 0 unspecified atom stereocenters. The highest BCUT2D eigenvalue weighted by Crippen LogP contribution is 2.63. The normalized spacial score (nSPS) is 13.0. The predicted octanol–water partition coefficient (Wildman–Crippen LogP) is 18.9. The van der Waals surface area contributed by atoms with Crippen molar-refractivity contribution in [1.82, 2.24) is 4.57 Å². The molecule has 2 aliphatic rings. The lowest BCUT2D eigenvalue weighted by Gasteiger charge is -2.32. The number of nitrogens with zero attached hydrogens (tertiary/aromatic N) is 2. The van der Waals surface area contributed by atoms with Crippen LogP contribution in [0.4, 0.5) is 17.1 Å². The maximum atomic E-state index is 2.50. The number of hydrogen-bond acceptors (Lipinski definition) is 1. The molecule has 0 fully saturated rings. The first-order chi connectivity index (χ1) is 36.2. The number of benzene rings is 13. The summed E-state index contributed by atoms with van der Waals surface area (Å²) in [4.78, 5) is 2.48. The molecule has 73 heavy (non-hydrogen) atoms. The molecule has 2 heteroatoms. The Morgan fingerprint density at radius 1 is 0.274 bits per heavy atom. The highest BCUT2D eigenvalue weighted by Gasteiger charge is 2.51. The fourth-order valence-corrected chi connectivity index (χ4v) is 13.3. The molecule has 338 valence electrons. The van der Waals surface area contributed by atoms with Crippen LogP contribution in [-0.2, 0) is 5.41 Å². The Hall–Kier alpha value is -9.50. The molecule has 0 aliphatic heterocycles. The minimum Gasteiger partial charge on any atom is -0.310 e. The van der Waals surface area contributed by atoms with Crippen LogP contribution in [0.5, 0.6) is 0 Å². The topological polar surface area (TPSA) is 8.17 Å². The summed E-state index contributed by atoms with van der Waals surface area (Å²) in [6.45, 7) is 0. The van der Waals surface area contributed by atoms with Gasteiger partial charge in [-0.05, 0) is 154 Å². The second kappa shape index (κ2) is 15.3. The van der Waals surface area contributed by atoms with E-state index in [9.17, 15) is 0 Å². The smallest absolute Gasteiger partial charge is 0.0726 e. The Balaban J connectivity index is 0.905. The van der Waals surface area contributed by atoms with Crippen LogP contribution in [0.3, 0.4) is 0 Å². The Bertz CT molecular complexity index is 4520. The summed E-state index contributed by atoms with van der Waals surface area (Å²) in [6, 6.07) is 99.7. The quantitative estimate of drug-likeness (QED) is 0.156. The third-order valence-electron chi connectivity index (χ3n) is 16.3. The van der Waals surface area contributed by atoms with Gasteiger partial charge < -0.3 is 9.47 Å². The van der Waals surface area contributed by atoms with Gasteiger partial charge in [0.25, 0.3) is 0 Å². The van der Waals surface area contributed by atoms with Crippen LogP contribution < -0.4 is 4.90 Å². The Morgan fingerprint density at radius 3 is 1.41 bits per heavy atom. The van der Waals surface area contributed by atoms with E-state index in [4.69, 9.17) is 0 Å². The molecule has 2 aliphatic carbocycles. The third-order valence-corrected chi connectivity index (χ3v) is 16.3. The first kappa shape index (κ1) is 40.3. The van der Waals surface area contributed by atoms with Crippen molar-refractivity contribution in [2.24, 2.45) is 0 Å². The van der Waals surface area contributed by atoms with E-state index >= 15 is 0 Å². The van der Waals surface area contributed by atoms with Gasteiger partial charge in [0.2, 0.25) is 0 Å². The van der Waals surface area contributed by atoms with Crippen molar-refractivity contribution in [1.29, 1.82) is 0 Å². The highest BCUT2D eigenvalue weighted by atomic mass is 15.1. The van der Waals surface area contributed by atoms with E-state index in [0.29, 0.717) is 0 Å². The molecule has 0 saturated carbocycles. The fourth-order valence-electron chi connectivity index (χ4n) is 13.3. The van der Waals surface area contributed by atoms with Gasteiger partial charge in [0.15, 0.2) is 0 Å². The van der Waals surface area contributed by atoms with Crippen LogP contribution in [-0.4, -0.2) is 4.57 Å². The van der Waals surface area contributed by atoms with E-state index in [-0.39, 0.29) is 0 Å². The Kier molecular flexibility index (Phi) is 8.41. The average molecular weight is 925 g/mol. The molecule has 0 bridgehead atoms. The molecule has 1 aromatic heterocycles. The molecule has 0 N–H and O–H groups in total. The van der Waals surface area contributed by atoms with Crippen molar-refractivity contribution in [3.05, 3.63) is 289 Å². The van der Waals surface area contributed by atoms with Crippen LogP contribution in [0.15, 0.2) is 267 Å². The summed E-state index contributed by atoms with van der Waals surface area (Å²) >= 11 is 0. The summed E-state index contributed by atoms with van der Waals surface area (Å²) in [5.41, 5.74) is 19.4. The molecule has 1 heterocycles. The molecule has 1 spiro atoms. The van der Waals surface area contributed by atoms with Gasteiger partial charge in [0, 0.05) is 38.9 Å². The summed E-state index contributed by atoms with van der Waals surface area (Å²) in [5, 5.41) is 12.6. The molecule has 0 atom stereocenters. The van der Waals surface area contributed by atoms with Crippen LogP contribution in [0.2, 0.25) is 0 Å². The third kappa shape index (κ3) is 5.58. The standard InChI is InChI=1S/C71H44N2/c1-2-17-48(18-3-1)73-69-41-33-47(42-64(69)62-38-32-46-16-4-5-19-52(46)70(62)73)45-30-34-49(35-31-45)72(50-36-39-57-55-22-7-6-20-53(55)54-21-8-9-23-56(54)63(57)43-50)51-37-40-61-60-26-12-15-29-67(60)71(68(61)44-51)65-27-13-10-24-58(65)59-25-11-14-28-66(59)71/h1-44H. The van der Waals surface area contributed by atoms with Crippen LogP contribution in [0, 0.1) is 0 Å². The molecule has 0 amide bonds. The van der Waals surface area contributed by atoms with E-state index in [1.165, 1.54) is 121 Å². The molecular weight excluding hydrogens is 881 g/mol. The van der Waals surface area contributed by atoms with Crippen LogP contribution in [0.25, 0.3) is 104 Å². The van der Waals surface area contributed by atoms with E-state index < -0.39 is 5.41 Å². The van der Waals surface area contributed by atoms with Gasteiger partial charge in [0.05, 0.1) is 16.4 Å². The number of anilines is 3. The Morgan fingerprint density at radius 2 is 0.753 bits per heavy atom. The molecule has 16 rings (SSSR count). The van der Waals surface area contributed by atoms with Crippen molar-refractivity contribution in [3.8, 4) is 39.1 Å². The zero-order valence-electron chi connectivity index (χ0n) is 39.8. The number of rotatable bonds is 5. The summed E-state index contributed by atoms with van der Waals surface area (Å²) in [5.74, 6) is 0. The monoisotopic (exact) mass is 924 g/mol. The van der Waals surface area contributed by atoms with Gasteiger partial charge in [-0.15, -0.1) is 0 Å². The molecule has 14 aromatic rings. The van der Waals surface area contributed by atoms with Crippen LogP contribution >= 0.6 is 0 Å². The van der Waals surface area contributed by atoms with Crippen molar-refractivity contribution in [2.75, 3.05) is 4.90 Å². The first-order valence-corrected chi connectivity index (χ1v) is 25.4. The number of para-hydroxylation sites is 1. The molecule has 0 radical (unpaired) electrons. The summed E-state index contributed by atoms with van der Waals surface area (Å²) < 4.78 is 2.44. The second-order valence-corrected chi connectivity index (χ2v) is 19.9. The fraction of sp³-hybridized carbons (Fsp3) is 0.0141. The Labute approximate surface area is 422 Å². The minimum atomic E-state index is -0.461. The zero-order valence-corrected chi connectivity index (χ0v) is 39.8. The molecule has 13 aromatic carbocycles. The van der Waals surface area contributed by atoms with Gasteiger partial charge in [-0.3, -0.25) is 0 Å². The molecule has 2 nitrogen and oxygen atoms in total. The number of fused-ring (bicyclic) bond motifs is 21. The second-order valence-electron chi connectivity index (χ2n) is 19.9. The summed E-state index contributed by atoms with van der Waals surface area (Å²) in [6.07, 6.45) is 0. The van der Waals surface area contributed by atoms with Gasteiger partial charge in [0.1, 0.15) is 0 Å². The van der Waals surface area contributed by atoms with E-state index in [1.807, 2.05) is 0 Å². The van der Waals surface area contributed by atoms with Crippen molar-refractivity contribution in [3.63, 3.8) is 0 Å². The number of hydrogen-bond donors (Lipinski definition) is 0. The lowest BCUT2D eigenvalue weighted by atomic mass is 9.70. The van der Waals surface area contributed by atoms with Crippen molar-refractivity contribution >= 4 is 82.0 Å². The van der Waals surface area contributed by atoms with Gasteiger partial charge >= 0.3 is 0 Å². The SMILES string of the molecule is c1ccc(-n2c3ccc(-c4ccc(N(c5ccc6c(c5)C5(c7ccccc7-c7ccccc75)c5ccccc5-6)c5ccc6c7ccccc7c7ccccc7c6c5)cc4)cc3c3ccc4ccccc4c32)cc1. The first-order valence-electron chi connectivity index (χ1n) is 25.4. The van der Waals surface area contributed by atoms with Crippen molar-refractivity contribution in [2.45, 2.75) is 5.41 Å². The minimum absolute atomic E-state index is 0.461. The maximum Gasteiger partial charge on any atom is 0.0726 e. The lowest BCUT2D eigenvalue weighted by molar-refractivity contribution is 0.793. The van der Waals surface area contributed by atoms with E-state index in [0.717, 1.165) is 22.7 Å². The predicted molar refractivity (Wildman–Crippen MR) is 307 cm³/mol. The van der Waals surface area contributed by atoms with Gasteiger partial charge in [-0.2, -0.15) is 0 Å². The largest absolute Gasteiger partial charge is 0.310 e.